The molecule has 0 fully saturated rings. The van der Waals surface area contributed by atoms with Crippen LogP contribution in [0.3, 0.4) is 0 Å². The molecule has 7 heteroatoms. The second kappa shape index (κ2) is 6.83. The van der Waals surface area contributed by atoms with Gasteiger partial charge in [0.2, 0.25) is 0 Å². The minimum atomic E-state index is -1.16. The Labute approximate surface area is 122 Å². The summed E-state index contributed by atoms with van der Waals surface area (Å²) in [6, 6.07) is 3.28. The number of aliphatic carboxylic acids is 1. The van der Waals surface area contributed by atoms with Crippen molar-refractivity contribution in [3.63, 3.8) is 0 Å². The molecule has 0 radical (unpaired) electrons. The molecule has 2 N–H and O–H groups in total. The summed E-state index contributed by atoms with van der Waals surface area (Å²) in [5.74, 6) is -2.19. The lowest BCUT2D eigenvalue weighted by Crippen LogP contribution is -2.45. The van der Waals surface area contributed by atoms with E-state index in [0.29, 0.717) is 12.0 Å². The lowest BCUT2D eigenvalue weighted by molar-refractivity contribution is -0.385. The fourth-order valence-electron chi connectivity index (χ4n) is 1.99. The number of nitrogens with zero attached hydrogens (tertiary/aromatic N) is 1. The minimum Gasteiger partial charge on any atom is -0.480 e. The van der Waals surface area contributed by atoms with Gasteiger partial charge in [0.15, 0.2) is 0 Å². The maximum atomic E-state index is 12.2. The largest absolute Gasteiger partial charge is 0.480 e. The van der Waals surface area contributed by atoms with Gasteiger partial charge in [-0.15, -0.1) is 0 Å². The summed E-state index contributed by atoms with van der Waals surface area (Å²) in [4.78, 5) is 33.8. The van der Waals surface area contributed by atoms with Gasteiger partial charge >= 0.3 is 5.97 Å². The lowest BCUT2D eigenvalue weighted by atomic mass is 9.98. The molecule has 1 aromatic carbocycles. The molecule has 0 heterocycles. The molecular formula is C14H18N2O5. The third-order valence-electron chi connectivity index (χ3n) is 3.43. The summed E-state index contributed by atoms with van der Waals surface area (Å²) in [7, 11) is 0. The third-order valence-corrected chi connectivity index (χ3v) is 3.43. The minimum absolute atomic E-state index is 0.130. The summed E-state index contributed by atoms with van der Waals surface area (Å²) in [6.45, 7) is 5.03. The number of carboxylic acid groups (broad SMARTS) is 1. The van der Waals surface area contributed by atoms with Gasteiger partial charge in [-0.3, -0.25) is 14.9 Å². The normalized spacial score (nSPS) is 13.3. The van der Waals surface area contributed by atoms with Gasteiger partial charge in [-0.2, -0.15) is 0 Å². The van der Waals surface area contributed by atoms with Crippen molar-refractivity contribution in [2.75, 3.05) is 0 Å². The fourth-order valence-corrected chi connectivity index (χ4v) is 1.99. The van der Waals surface area contributed by atoms with E-state index in [9.17, 15) is 19.7 Å². The zero-order valence-corrected chi connectivity index (χ0v) is 12.1. The quantitative estimate of drug-likeness (QED) is 0.617. The molecule has 0 aliphatic rings. The first kappa shape index (κ1) is 16.6. The number of carboxylic acids is 1. The SMILES string of the molecule is CC[C@H](C)[C@H](NC(=O)c1cccc(C)c1[N+](=O)[O-])C(=O)O. The van der Waals surface area contributed by atoms with Crippen LogP contribution in [0.1, 0.15) is 36.2 Å². The smallest absolute Gasteiger partial charge is 0.326 e. The maximum Gasteiger partial charge on any atom is 0.326 e. The molecule has 114 valence electrons. The highest BCUT2D eigenvalue weighted by molar-refractivity contribution is 6.00. The predicted molar refractivity (Wildman–Crippen MR) is 76.2 cm³/mol. The number of nitro benzene ring substituents is 1. The number of benzene rings is 1. The molecule has 2 atom stereocenters. The molecule has 0 saturated carbocycles. The van der Waals surface area contributed by atoms with Gasteiger partial charge in [0, 0.05) is 5.56 Å². The van der Waals surface area contributed by atoms with Crippen molar-refractivity contribution in [2.45, 2.75) is 33.2 Å². The molecule has 0 aromatic heterocycles. The predicted octanol–water partition coefficient (Wildman–Crippen LogP) is 2.13. The van der Waals surface area contributed by atoms with Gasteiger partial charge in [-0.25, -0.2) is 4.79 Å². The Kier molecular flexibility index (Phi) is 5.40. The van der Waals surface area contributed by atoms with Crippen LogP contribution >= 0.6 is 0 Å². The topological polar surface area (TPSA) is 110 Å². The zero-order valence-electron chi connectivity index (χ0n) is 12.1. The molecule has 0 unspecified atom stereocenters. The first-order valence-corrected chi connectivity index (χ1v) is 6.57. The second-order valence-electron chi connectivity index (χ2n) is 4.90. The Bertz CT molecular complexity index is 570. The van der Waals surface area contributed by atoms with Crippen LogP contribution in [-0.2, 0) is 4.79 Å². The number of hydrogen-bond donors (Lipinski definition) is 2. The van der Waals surface area contributed by atoms with Gasteiger partial charge in [0.1, 0.15) is 11.6 Å². The Hall–Kier alpha value is -2.44. The highest BCUT2D eigenvalue weighted by Crippen LogP contribution is 2.23. The molecule has 1 amide bonds. The number of nitro groups is 1. The van der Waals surface area contributed by atoms with E-state index in [1.807, 2.05) is 6.92 Å². The molecule has 1 aromatic rings. The van der Waals surface area contributed by atoms with Crippen molar-refractivity contribution >= 4 is 17.6 Å². The lowest BCUT2D eigenvalue weighted by Gasteiger charge is -2.20. The van der Waals surface area contributed by atoms with Crippen LogP contribution in [0.4, 0.5) is 5.69 Å². The Morgan fingerprint density at radius 2 is 2.05 bits per heavy atom. The van der Waals surface area contributed by atoms with E-state index in [1.165, 1.54) is 25.1 Å². The van der Waals surface area contributed by atoms with Gasteiger partial charge in [-0.05, 0) is 18.9 Å². The van der Waals surface area contributed by atoms with Crippen LogP contribution in [0, 0.1) is 23.0 Å². The van der Waals surface area contributed by atoms with Gasteiger partial charge < -0.3 is 10.4 Å². The van der Waals surface area contributed by atoms with Crippen molar-refractivity contribution in [3.05, 3.63) is 39.4 Å². The van der Waals surface area contributed by atoms with E-state index in [1.54, 1.807) is 6.92 Å². The van der Waals surface area contributed by atoms with E-state index < -0.39 is 22.8 Å². The summed E-state index contributed by atoms with van der Waals surface area (Å²) >= 11 is 0. The van der Waals surface area contributed by atoms with Crippen LogP contribution in [0.2, 0.25) is 0 Å². The monoisotopic (exact) mass is 294 g/mol. The molecule has 7 nitrogen and oxygen atoms in total. The molecule has 21 heavy (non-hydrogen) atoms. The van der Waals surface area contributed by atoms with Crippen molar-refractivity contribution in [1.29, 1.82) is 0 Å². The fraction of sp³-hybridized carbons (Fsp3) is 0.429. The maximum absolute atomic E-state index is 12.2. The van der Waals surface area contributed by atoms with Crippen LogP contribution in [0.5, 0.6) is 0 Å². The number of amides is 1. The number of carbonyl (C=O) groups excluding carboxylic acids is 1. The summed E-state index contributed by atoms with van der Waals surface area (Å²) in [6.07, 6.45) is 0.563. The van der Waals surface area contributed by atoms with Gasteiger partial charge in [0.25, 0.3) is 11.6 Å². The van der Waals surface area contributed by atoms with Crippen molar-refractivity contribution < 1.29 is 19.6 Å². The number of para-hydroxylation sites is 1. The third kappa shape index (κ3) is 3.77. The standard InChI is InChI=1S/C14H18N2O5/c1-4-8(2)11(14(18)19)15-13(17)10-7-5-6-9(3)12(10)16(20)21/h5-8,11H,4H2,1-3H3,(H,15,17)(H,18,19)/t8-,11-/m0/s1. The van der Waals surface area contributed by atoms with Crippen molar-refractivity contribution in [2.24, 2.45) is 5.92 Å². The Morgan fingerprint density at radius 1 is 1.43 bits per heavy atom. The average molecular weight is 294 g/mol. The number of aryl methyl sites for hydroxylation is 1. The molecular weight excluding hydrogens is 276 g/mol. The average Bonchev–Trinajstić information content (AvgIpc) is 2.42. The molecule has 0 aliphatic carbocycles. The number of carbonyl (C=O) groups is 2. The van der Waals surface area contributed by atoms with E-state index in [2.05, 4.69) is 5.32 Å². The van der Waals surface area contributed by atoms with Crippen molar-refractivity contribution in [1.82, 2.24) is 5.32 Å². The number of nitrogens with one attached hydrogen (secondary N) is 1. The summed E-state index contributed by atoms with van der Waals surface area (Å²) in [5.41, 5.74) is -0.0825. The summed E-state index contributed by atoms with van der Waals surface area (Å²) in [5, 5.41) is 22.6. The second-order valence-corrected chi connectivity index (χ2v) is 4.90. The van der Waals surface area contributed by atoms with Crippen LogP contribution in [-0.4, -0.2) is 27.9 Å². The first-order valence-electron chi connectivity index (χ1n) is 6.57. The van der Waals surface area contributed by atoms with E-state index in [0.717, 1.165) is 0 Å². The highest BCUT2D eigenvalue weighted by atomic mass is 16.6. The molecule has 0 spiro atoms. The molecule has 0 aliphatic heterocycles. The first-order chi connectivity index (χ1) is 9.79. The van der Waals surface area contributed by atoms with Crippen LogP contribution in [0.25, 0.3) is 0 Å². The molecule has 0 saturated heterocycles. The molecule has 1 rings (SSSR count). The summed E-state index contributed by atoms with van der Waals surface area (Å²) < 4.78 is 0. The van der Waals surface area contributed by atoms with Gasteiger partial charge in [-0.1, -0.05) is 32.4 Å². The van der Waals surface area contributed by atoms with E-state index >= 15 is 0 Å². The Morgan fingerprint density at radius 3 is 2.52 bits per heavy atom. The Balaban J connectivity index is 3.12. The molecule has 0 bridgehead atoms. The van der Waals surface area contributed by atoms with Crippen molar-refractivity contribution in [3.8, 4) is 0 Å². The number of rotatable bonds is 6. The highest BCUT2D eigenvalue weighted by Gasteiger charge is 2.29. The van der Waals surface area contributed by atoms with E-state index in [-0.39, 0.29) is 17.2 Å². The zero-order chi connectivity index (χ0) is 16.2. The number of hydrogen-bond acceptors (Lipinski definition) is 4. The van der Waals surface area contributed by atoms with Crippen LogP contribution in [0.15, 0.2) is 18.2 Å². The van der Waals surface area contributed by atoms with Gasteiger partial charge in [0.05, 0.1) is 4.92 Å². The van der Waals surface area contributed by atoms with Crippen LogP contribution < -0.4 is 5.32 Å². The van der Waals surface area contributed by atoms with E-state index in [4.69, 9.17) is 5.11 Å².